The molecule has 2 N–H and O–H groups in total. The van der Waals surface area contributed by atoms with E-state index in [-0.39, 0.29) is 12.0 Å². The lowest BCUT2D eigenvalue weighted by Crippen LogP contribution is -2.32. The summed E-state index contributed by atoms with van der Waals surface area (Å²) in [5, 5.41) is 11.2. The van der Waals surface area contributed by atoms with E-state index >= 15 is 0 Å². The predicted molar refractivity (Wildman–Crippen MR) is 113 cm³/mol. The van der Waals surface area contributed by atoms with Gasteiger partial charge in [0, 0.05) is 25.2 Å². The van der Waals surface area contributed by atoms with Gasteiger partial charge in [-0.2, -0.15) is 0 Å². The molecule has 0 unspecified atom stereocenters. The summed E-state index contributed by atoms with van der Waals surface area (Å²) >= 11 is 10.9. The summed E-state index contributed by atoms with van der Waals surface area (Å²) in [4.78, 5) is 1.20. The summed E-state index contributed by atoms with van der Waals surface area (Å²) in [6.07, 6.45) is 0. The van der Waals surface area contributed by atoms with Gasteiger partial charge in [-0.15, -0.1) is 0 Å². The first kappa shape index (κ1) is 18.7. The second-order valence-corrected chi connectivity index (χ2v) is 6.37. The molecule has 0 atom stereocenters. The van der Waals surface area contributed by atoms with Gasteiger partial charge in [0.1, 0.15) is 9.98 Å². The number of rotatable bonds is 6. The highest BCUT2D eigenvalue weighted by molar-refractivity contribution is 7.80. The second kappa shape index (κ2) is 8.56. The Bertz CT molecular complexity index is 842. The van der Waals surface area contributed by atoms with Crippen LogP contribution >= 0.6 is 24.4 Å². The smallest absolute Gasteiger partial charge is 0.336 e. The Morgan fingerprint density at radius 3 is 1.48 bits per heavy atom. The molecule has 0 aliphatic carbocycles. The Labute approximate surface area is 167 Å². The molecule has 0 saturated carbocycles. The predicted octanol–water partition coefficient (Wildman–Crippen LogP) is 3.34. The van der Waals surface area contributed by atoms with Gasteiger partial charge in [-0.05, 0) is 0 Å². The Balaban J connectivity index is 1.60. The Hall–Kier alpha value is -3.04. The molecule has 0 spiro atoms. The average Bonchev–Trinajstić information content (AvgIpc) is 3.14. The molecule has 7 nitrogen and oxygen atoms in total. The maximum absolute atomic E-state index is 5.55. The molecule has 3 aromatic rings. The number of hydrogen-bond donors (Lipinski definition) is 2. The normalized spacial score (nSPS) is 10.1. The number of aromatic nitrogens is 2. The first-order valence-electron chi connectivity index (χ1n) is 8.07. The topological polar surface area (TPSA) is 69.5 Å². The van der Waals surface area contributed by atoms with E-state index in [9.17, 15) is 0 Å². The fourth-order valence-electron chi connectivity index (χ4n) is 2.25. The summed E-state index contributed by atoms with van der Waals surface area (Å²) in [5.41, 5.74) is 7.73. The van der Waals surface area contributed by atoms with E-state index < -0.39 is 0 Å². The molecule has 0 aliphatic heterocycles. The lowest BCUT2D eigenvalue weighted by Gasteiger charge is -2.20. The summed E-state index contributed by atoms with van der Waals surface area (Å²) in [6, 6.07) is 19.7. The van der Waals surface area contributed by atoms with Crippen molar-refractivity contribution in [2.24, 2.45) is 0 Å². The lowest BCUT2D eigenvalue weighted by atomic mass is 10.2. The van der Waals surface area contributed by atoms with E-state index in [1.807, 2.05) is 60.7 Å². The van der Waals surface area contributed by atoms with E-state index in [0.717, 1.165) is 11.1 Å². The highest BCUT2D eigenvalue weighted by Gasteiger charge is 2.14. The van der Waals surface area contributed by atoms with Crippen LogP contribution in [0.2, 0.25) is 0 Å². The Morgan fingerprint density at radius 2 is 1.11 bits per heavy atom. The SMILES string of the molecule is CN(Nc1nnc(NN(C)C(=S)c2ccccc2)o1)C(=S)c1ccccc1. The molecule has 0 aliphatic rings. The molecule has 3 rings (SSSR count). The van der Waals surface area contributed by atoms with E-state index in [2.05, 4.69) is 21.0 Å². The number of nitrogens with zero attached hydrogens (tertiary/aromatic N) is 4. The van der Waals surface area contributed by atoms with Gasteiger partial charge < -0.3 is 4.42 Å². The van der Waals surface area contributed by atoms with Crippen molar-refractivity contribution < 1.29 is 4.42 Å². The molecular weight excluding hydrogens is 380 g/mol. The number of thiocarbonyl (C=S) groups is 2. The number of nitrogens with one attached hydrogen (secondary N) is 2. The largest absolute Gasteiger partial charge is 0.387 e. The summed E-state index contributed by atoms with van der Waals surface area (Å²) < 4.78 is 5.55. The molecule has 0 amide bonds. The molecular formula is C18H18N6OS2. The van der Waals surface area contributed by atoms with Crippen LogP contribution in [0.3, 0.4) is 0 Å². The lowest BCUT2D eigenvalue weighted by molar-refractivity contribution is 0.496. The van der Waals surface area contributed by atoms with Crippen molar-refractivity contribution in [2.75, 3.05) is 24.9 Å². The van der Waals surface area contributed by atoms with Crippen LogP contribution in [0.4, 0.5) is 12.0 Å². The van der Waals surface area contributed by atoms with E-state index in [0.29, 0.717) is 9.98 Å². The van der Waals surface area contributed by atoms with Gasteiger partial charge in [0.2, 0.25) is 0 Å². The van der Waals surface area contributed by atoms with Crippen LogP contribution in [-0.2, 0) is 0 Å². The van der Waals surface area contributed by atoms with Crippen LogP contribution in [0.15, 0.2) is 65.1 Å². The van der Waals surface area contributed by atoms with Gasteiger partial charge >= 0.3 is 12.0 Å². The zero-order valence-electron chi connectivity index (χ0n) is 14.8. The van der Waals surface area contributed by atoms with E-state index in [1.54, 1.807) is 24.1 Å². The zero-order valence-corrected chi connectivity index (χ0v) is 16.4. The first-order valence-corrected chi connectivity index (χ1v) is 8.89. The molecule has 0 radical (unpaired) electrons. The quantitative estimate of drug-likeness (QED) is 0.480. The summed E-state index contributed by atoms with van der Waals surface area (Å²) in [5.74, 6) is 0. The molecule has 1 aromatic heterocycles. The van der Waals surface area contributed by atoms with Crippen LogP contribution in [0.5, 0.6) is 0 Å². The van der Waals surface area contributed by atoms with Gasteiger partial charge in [0.05, 0.1) is 0 Å². The Kier molecular flexibility index (Phi) is 5.94. The third-order valence-electron chi connectivity index (χ3n) is 3.60. The molecule has 138 valence electrons. The first-order chi connectivity index (χ1) is 13.0. The number of hydrazine groups is 2. The molecule has 0 saturated heterocycles. The van der Waals surface area contributed by atoms with Crippen molar-refractivity contribution in [1.29, 1.82) is 0 Å². The van der Waals surface area contributed by atoms with Gasteiger partial charge in [0.15, 0.2) is 0 Å². The van der Waals surface area contributed by atoms with Crippen molar-refractivity contribution in [3.63, 3.8) is 0 Å². The maximum Gasteiger partial charge on any atom is 0.336 e. The van der Waals surface area contributed by atoms with Gasteiger partial charge in [0.25, 0.3) is 0 Å². The van der Waals surface area contributed by atoms with Gasteiger partial charge in [-0.25, -0.2) is 10.9 Å². The number of benzene rings is 2. The van der Waals surface area contributed by atoms with E-state index in [1.165, 1.54) is 0 Å². The third kappa shape index (κ3) is 4.78. The molecule has 0 bridgehead atoms. The summed E-state index contributed by atoms with van der Waals surface area (Å²) in [6.45, 7) is 0. The highest BCUT2D eigenvalue weighted by Crippen LogP contribution is 2.14. The molecule has 9 heteroatoms. The second-order valence-electron chi connectivity index (χ2n) is 5.60. The Morgan fingerprint density at radius 1 is 0.741 bits per heavy atom. The van der Waals surface area contributed by atoms with Crippen molar-refractivity contribution in [3.8, 4) is 0 Å². The van der Waals surface area contributed by atoms with Gasteiger partial charge in [-0.1, -0.05) is 95.3 Å². The van der Waals surface area contributed by atoms with Gasteiger partial charge in [-0.3, -0.25) is 10.0 Å². The van der Waals surface area contributed by atoms with Crippen LogP contribution < -0.4 is 10.9 Å². The van der Waals surface area contributed by atoms with Crippen molar-refractivity contribution in [1.82, 2.24) is 20.2 Å². The highest BCUT2D eigenvalue weighted by atomic mass is 32.1. The minimum atomic E-state index is 0.206. The van der Waals surface area contributed by atoms with Crippen molar-refractivity contribution in [3.05, 3.63) is 71.8 Å². The van der Waals surface area contributed by atoms with Crippen molar-refractivity contribution in [2.45, 2.75) is 0 Å². The number of anilines is 2. The fraction of sp³-hybridized carbons (Fsp3) is 0.111. The third-order valence-corrected chi connectivity index (χ3v) is 4.62. The van der Waals surface area contributed by atoms with Crippen LogP contribution in [-0.4, -0.2) is 44.3 Å². The number of hydrogen-bond acceptors (Lipinski definition) is 7. The minimum absolute atomic E-state index is 0.206. The molecule has 1 heterocycles. The minimum Gasteiger partial charge on any atom is -0.387 e. The zero-order chi connectivity index (χ0) is 19.2. The summed E-state index contributed by atoms with van der Waals surface area (Å²) in [7, 11) is 3.56. The van der Waals surface area contributed by atoms with Crippen LogP contribution in [0, 0.1) is 0 Å². The van der Waals surface area contributed by atoms with E-state index in [4.69, 9.17) is 28.9 Å². The monoisotopic (exact) mass is 398 g/mol. The molecule has 27 heavy (non-hydrogen) atoms. The average molecular weight is 399 g/mol. The van der Waals surface area contributed by atoms with Crippen molar-refractivity contribution >= 4 is 46.4 Å². The maximum atomic E-state index is 5.55. The molecule has 0 fully saturated rings. The fourth-order valence-corrected chi connectivity index (χ4v) is 2.61. The van der Waals surface area contributed by atoms with Crippen LogP contribution in [0.25, 0.3) is 0 Å². The molecule has 2 aromatic carbocycles. The van der Waals surface area contributed by atoms with Crippen LogP contribution in [0.1, 0.15) is 11.1 Å². The standard InChI is InChI=1S/C18H18N6OS2/c1-23(15(26)13-9-5-3-6-10-13)21-17-19-20-18(25-17)22-24(2)16(27)14-11-7-4-8-12-14/h3-12H,1-2H3,(H,19,21)(H,20,22).